The Labute approximate surface area is 115 Å². The number of aliphatic hydroxyl groups excluding tert-OH is 2. The van der Waals surface area contributed by atoms with E-state index in [1.807, 2.05) is 37.3 Å². The predicted molar refractivity (Wildman–Crippen MR) is 76.8 cm³/mol. The molecule has 1 aromatic carbocycles. The van der Waals surface area contributed by atoms with Crippen molar-refractivity contribution in [1.82, 2.24) is 0 Å². The highest BCUT2D eigenvalue weighted by Gasteiger charge is 2.14. The van der Waals surface area contributed by atoms with Crippen LogP contribution >= 0.6 is 0 Å². The Kier molecular flexibility index (Phi) is 7.41. The van der Waals surface area contributed by atoms with Gasteiger partial charge in [-0.25, -0.2) is 0 Å². The number of hydrogen-bond donors (Lipinski definition) is 2. The largest absolute Gasteiger partial charge is 0.390 e. The zero-order valence-electron chi connectivity index (χ0n) is 11.5. The average Bonchev–Trinajstić information content (AvgIpc) is 2.45. The van der Waals surface area contributed by atoms with Gasteiger partial charge >= 0.3 is 0 Å². The maximum Gasteiger partial charge on any atom is 0.0810 e. The summed E-state index contributed by atoms with van der Waals surface area (Å²) >= 11 is 0. The van der Waals surface area contributed by atoms with Crippen LogP contribution in [0, 0.1) is 0 Å². The van der Waals surface area contributed by atoms with Crippen LogP contribution in [0.3, 0.4) is 0 Å². The molecular weight excluding hydrogens is 240 g/mol. The molecule has 0 aliphatic rings. The van der Waals surface area contributed by atoms with Gasteiger partial charge in [0.1, 0.15) is 0 Å². The van der Waals surface area contributed by atoms with E-state index in [1.165, 1.54) is 6.08 Å². The molecule has 0 radical (unpaired) electrons. The second-order valence-corrected chi connectivity index (χ2v) is 4.80. The van der Waals surface area contributed by atoms with Crippen molar-refractivity contribution in [2.45, 2.75) is 51.1 Å². The molecule has 1 rings (SSSR count). The van der Waals surface area contributed by atoms with Gasteiger partial charge in [0, 0.05) is 0 Å². The topological polar surface area (TPSA) is 49.7 Å². The first kappa shape index (κ1) is 15.9. The summed E-state index contributed by atoms with van der Waals surface area (Å²) in [6, 6.07) is 9.90. The maximum atomic E-state index is 9.95. The molecule has 1 unspecified atom stereocenters. The van der Waals surface area contributed by atoms with Gasteiger partial charge in [0.05, 0.1) is 24.9 Å². The highest BCUT2D eigenvalue weighted by molar-refractivity contribution is 5.13. The Morgan fingerprint density at radius 3 is 2.53 bits per heavy atom. The van der Waals surface area contributed by atoms with Crippen molar-refractivity contribution in [2.75, 3.05) is 0 Å². The Morgan fingerprint density at radius 2 is 1.89 bits per heavy atom. The minimum absolute atomic E-state index is 0.207. The number of ether oxygens (including phenoxy) is 1. The highest BCUT2D eigenvalue weighted by atomic mass is 16.5. The molecule has 0 saturated heterocycles. The standard InChI is InChI=1S/C16H24O3/c1-3-15(17)10-7-11-16(18)13(2)19-12-14-8-5-4-6-9-14/h3-6,8-9,13,15-18H,1,7,10-12H2,2H3/t13-,15?,16-/m1/s1. The second-order valence-electron chi connectivity index (χ2n) is 4.80. The third-order valence-electron chi connectivity index (χ3n) is 3.17. The minimum atomic E-state index is -0.499. The summed E-state index contributed by atoms with van der Waals surface area (Å²) in [5.41, 5.74) is 1.10. The van der Waals surface area contributed by atoms with E-state index in [1.54, 1.807) is 0 Å². The first-order chi connectivity index (χ1) is 9.13. The third kappa shape index (κ3) is 6.53. The van der Waals surface area contributed by atoms with Crippen molar-refractivity contribution >= 4 is 0 Å². The lowest BCUT2D eigenvalue weighted by atomic mass is 10.1. The van der Waals surface area contributed by atoms with Crippen LogP contribution in [0.15, 0.2) is 43.0 Å². The first-order valence-corrected chi connectivity index (χ1v) is 6.77. The molecule has 0 heterocycles. The van der Waals surface area contributed by atoms with E-state index in [2.05, 4.69) is 6.58 Å². The van der Waals surface area contributed by atoms with E-state index in [-0.39, 0.29) is 6.10 Å². The second kappa shape index (κ2) is 8.86. The number of benzene rings is 1. The zero-order valence-corrected chi connectivity index (χ0v) is 11.5. The summed E-state index contributed by atoms with van der Waals surface area (Å²) in [5, 5.41) is 19.3. The lowest BCUT2D eigenvalue weighted by Gasteiger charge is -2.19. The van der Waals surface area contributed by atoms with E-state index in [9.17, 15) is 10.2 Å². The molecule has 19 heavy (non-hydrogen) atoms. The van der Waals surface area contributed by atoms with Gasteiger partial charge in [-0.3, -0.25) is 0 Å². The maximum absolute atomic E-state index is 9.95. The highest BCUT2D eigenvalue weighted by Crippen LogP contribution is 2.12. The molecule has 0 bridgehead atoms. The summed E-state index contributed by atoms with van der Waals surface area (Å²) in [6.07, 6.45) is 2.34. The normalized spacial score (nSPS) is 15.7. The van der Waals surface area contributed by atoms with E-state index < -0.39 is 12.2 Å². The first-order valence-electron chi connectivity index (χ1n) is 6.77. The summed E-state index contributed by atoms with van der Waals surface area (Å²) in [4.78, 5) is 0. The van der Waals surface area contributed by atoms with Gasteiger partial charge in [-0.15, -0.1) is 6.58 Å². The van der Waals surface area contributed by atoms with Gasteiger partial charge in [0.15, 0.2) is 0 Å². The van der Waals surface area contributed by atoms with Crippen molar-refractivity contribution in [3.63, 3.8) is 0 Å². The molecule has 0 aliphatic carbocycles. The van der Waals surface area contributed by atoms with Crippen LogP contribution in [-0.2, 0) is 11.3 Å². The molecule has 106 valence electrons. The lowest BCUT2D eigenvalue weighted by molar-refractivity contribution is -0.0393. The van der Waals surface area contributed by atoms with Gasteiger partial charge in [-0.05, 0) is 31.7 Å². The average molecular weight is 264 g/mol. The Morgan fingerprint density at radius 1 is 1.21 bits per heavy atom. The molecular formula is C16H24O3. The van der Waals surface area contributed by atoms with Gasteiger partial charge in [-0.1, -0.05) is 36.4 Å². The van der Waals surface area contributed by atoms with Gasteiger partial charge in [-0.2, -0.15) is 0 Å². The zero-order chi connectivity index (χ0) is 14.1. The fourth-order valence-corrected chi connectivity index (χ4v) is 1.80. The summed E-state index contributed by atoms with van der Waals surface area (Å²) in [6.45, 7) is 5.90. The van der Waals surface area contributed by atoms with Gasteiger partial charge < -0.3 is 14.9 Å². The van der Waals surface area contributed by atoms with Crippen LogP contribution in [-0.4, -0.2) is 28.5 Å². The lowest BCUT2D eigenvalue weighted by Crippen LogP contribution is -2.26. The van der Waals surface area contributed by atoms with Gasteiger partial charge in [0.25, 0.3) is 0 Å². The molecule has 3 heteroatoms. The van der Waals surface area contributed by atoms with Crippen LogP contribution in [0.25, 0.3) is 0 Å². The molecule has 2 N–H and O–H groups in total. The van der Waals surface area contributed by atoms with Crippen LogP contribution < -0.4 is 0 Å². The van der Waals surface area contributed by atoms with Crippen LogP contribution in [0.4, 0.5) is 0 Å². The third-order valence-corrected chi connectivity index (χ3v) is 3.17. The Balaban J connectivity index is 2.21. The van der Waals surface area contributed by atoms with Crippen molar-refractivity contribution in [1.29, 1.82) is 0 Å². The van der Waals surface area contributed by atoms with E-state index >= 15 is 0 Å². The monoisotopic (exact) mass is 264 g/mol. The molecule has 0 saturated carbocycles. The molecule has 0 aromatic heterocycles. The number of aliphatic hydroxyl groups is 2. The molecule has 3 nitrogen and oxygen atoms in total. The molecule has 3 atom stereocenters. The fraction of sp³-hybridized carbons (Fsp3) is 0.500. The SMILES string of the molecule is C=CC(O)CCC[C@@H](O)[C@@H](C)OCc1ccccc1. The van der Waals surface area contributed by atoms with E-state index in [4.69, 9.17) is 4.74 Å². The summed E-state index contributed by atoms with van der Waals surface area (Å²) in [5.74, 6) is 0. The van der Waals surface area contributed by atoms with Crippen molar-refractivity contribution in [2.24, 2.45) is 0 Å². The Hall–Kier alpha value is -1.16. The predicted octanol–water partition coefficient (Wildman–Crippen LogP) is 2.67. The van der Waals surface area contributed by atoms with Crippen molar-refractivity contribution in [3.05, 3.63) is 48.6 Å². The molecule has 0 aliphatic heterocycles. The molecule has 1 aromatic rings. The van der Waals surface area contributed by atoms with Crippen LogP contribution in [0.1, 0.15) is 31.7 Å². The molecule has 0 spiro atoms. The van der Waals surface area contributed by atoms with Gasteiger partial charge in [0.2, 0.25) is 0 Å². The quantitative estimate of drug-likeness (QED) is 0.674. The van der Waals surface area contributed by atoms with Crippen molar-refractivity contribution in [3.8, 4) is 0 Å². The van der Waals surface area contributed by atoms with E-state index in [0.29, 0.717) is 19.4 Å². The number of hydrogen-bond acceptors (Lipinski definition) is 3. The number of rotatable bonds is 9. The van der Waals surface area contributed by atoms with E-state index in [0.717, 1.165) is 12.0 Å². The fourth-order valence-electron chi connectivity index (χ4n) is 1.80. The van der Waals surface area contributed by atoms with Crippen molar-refractivity contribution < 1.29 is 14.9 Å². The Bertz CT molecular complexity index is 350. The van der Waals surface area contributed by atoms with Crippen LogP contribution in [0.2, 0.25) is 0 Å². The molecule has 0 fully saturated rings. The molecule has 0 amide bonds. The summed E-state index contributed by atoms with van der Waals surface area (Å²) < 4.78 is 5.64. The minimum Gasteiger partial charge on any atom is -0.390 e. The van der Waals surface area contributed by atoms with Crippen LogP contribution in [0.5, 0.6) is 0 Å². The smallest absolute Gasteiger partial charge is 0.0810 e. The summed E-state index contributed by atoms with van der Waals surface area (Å²) in [7, 11) is 0.